The molecule has 0 unspecified atom stereocenters. The Balaban J connectivity index is 2.02. The lowest BCUT2D eigenvalue weighted by molar-refractivity contribution is -0.348. The number of hydrogen-bond acceptors (Lipinski definition) is 3. The maximum atomic E-state index is 15.1. The first-order valence-electron chi connectivity index (χ1n) is 10.7. The normalized spacial score (nSPS) is 12.3. The highest BCUT2D eigenvalue weighted by atomic mass is 35.5. The number of amides is 2. The molecule has 0 heterocycles. The predicted molar refractivity (Wildman–Crippen MR) is 127 cm³/mol. The largest absolute Gasteiger partial charge is 0.435 e. The molecule has 41 heavy (non-hydrogen) atoms. The minimum absolute atomic E-state index is 0.00250. The van der Waals surface area contributed by atoms with Gasteiger partial charge in [0.2, 0.25) is 0 Å². The molecule has 0 saturated carbocycles. The minimum atomic E-state index is -6.63. The number of anilines is 2. The molecular formula is C24H12Cl2F10N2O3. The van der Waals surface area contributed by atoms with E-state index in [4.69, 9.17) is 23.2 Å². The number of ether oxygens (including phenoxy) is 1. The summed E-state index contributed by atoms with van der Waals surface area (Å²) in [7, 11) is 0. The fourth-order valence-electron chi connectivity index (χ4n) is 3.40. The van der Waals surface area contributed by atoms with E-state index >= 15 is 4.39 Å². The Labute approximate surface area is 233 Å². The highest BCUT2D eigenvalue weighted by molar-refractivity contribution is 6.35. The molecule has 2 amide bonds. The van der Waals surface area contributed by atoms with Crippen molar-refractivity contribution < 1.29 is 58.2 Å². The van der Waals surface area contributed by atoms with Crippen LogP contribution in [0.3, 0.4) is 0 Å². The maximum absolute atomic E-state index is 15.1. The first-order chi connectivity index (χ1) is 18.9. The van der Waals surface area contributed by atoms with Gasteiger partial charge in [-0.1, -0.05) is 41.4 Å². The average molecular weight is 637 g/mol. The van der Waals surface area contributed by atoms with E-state index in [0.29, 0.717) is 0 Å². The summed E-state index contributed by atoms with van der Waals surface area (Å²) in [6.07, 6.45) is -13.3. The van der Waals surface area contributed by atoms with Crippen LogP contribution in [0.15, 0.2) is 54.6 Å². The Morgan fingerprint density at radius 2 is 1.32 bits per heavy atom. The predicted octanol–water partition coefficient (Wildman–Crippen LogP) is 8.53. The molecule has 0 fully saturated rings. The van der Waals surface area contributed by atoms with Crippen LogP contribution in [0.4, 0.5) is 55.3 Å². The summed E-state index contributed by atoms with van der Waals surface area (Å²) in [6.45, 7) is -3.90. The van der Waals surface area contributed by atoms with E-state index in [1.165, 1.54) is 24.3 Å². The zero-order valence-electron chi connectivity index (χ0n) is 19.5. The van der Waals surface area contributed by atoms with Crippen LogP contribution in [-0.4, -0.2) is 30.8 Å². The number of rotatable bonds is 7. The number of nitrogens with one attached hydrogen (secondary N) is 2. The van der Waals surface area contributed by atoms with Crippen molar-refractivity contribution in [1.82, 2.24) is 0 Å². The Morgan fingerprint density at radius 1 is 0.756 bits per heavy atom. The number of alkyl halides is 9. The molecular weight excluding hydrogens is 625 g/mol. The fraction of sp³-hybridized carbons (Fsp3) is 0.167. The first-order valence-corrected chi connectivity index (χ1v) is 11.4. The van der Waals surface area contributed by atoms with E-state index in [-0.39, 0.29) is 22.7 Å². The molecule has 0 radical (unpaired) electrons. The Morgan fingerprint density at radius 3 is 1.88 bits per heavy atom. The third-order valence-corrected chi connectivity index (χ3v) is 5.93. The molecule has 0 spiro atoms. The van der Waals surface area contributed by atoms with Gasteiger partial charge in [-0.25, -0.2) is 8.78 Å². The molecule has 0 saturated heterocycles. The van der Waals surface area contributed by atoms with E-state index in [2.05, 4.69) is 10.1 Å². The van der Waals surface area contributed by atoms with Gasteiger partial charge in [-0.3, -0.25) is 9.59 Å². The van der Waals surface area contributed by atoms with Crippen molar-refractivity contribution in [3.63, 3.8) is 0 Å². The smallest absolute Gasteiger partial charge is 0.433 e. The summed E-state index contributed by atoms with van der Waals surface area (Å²) < 4.78 is 138. The lowest BCUT2D eigenvalue weighted by atomic mass is 9.93. The Hall–Kier alpha value is -3.72. The Kier molecular flexibility index (Phi) is 9.03. The van der Waals surface area contributed by atoms with Crippen LogP contribution in [0, 0.1) is 5.82 Å². The standard InChI is InChI=1S/C24H12Cl2F10N2O3/c25-13-6-2-1-4-11(13)19(39)37-15-7-3-5-12(17(15)27)20(40)38-18-14(26)8-10(9-16(18)41-21(28)29)22(30,23(31,32)33)24(34,35)36/h1-9,21H,(H,37,39)(H,38,40). The Bertz CT molecular complexity index is 1470. The molecule has 3 aromatic carbocycles. The van der Waals surface area contributed by atoms with Crippen LogP contribution < -0.4 is 15.4 Å². The van der Waals surface area contributed by atoms with Crippen LogP contribution in [0.1, 0.15) is 26.3 Å². The number of hydrogen-bond donors (Lipinski definition) is 2. The quantitative estimate of drug-likeness (QED) is 0.256. The summed E-state index contributed by atoms with van der Waals surface area (Å²) in [4.78, 5) is 25.2. The van der Waals surface area contributed by atoms with Crippen molar-refractivity contribution in [3.05, 3.63) is 87.2 Å². The van der Waals surface area contributed by atoms with Crippen LogP contribution in [0.25, 0.3) is 0 Å². The third-order valence-electron chi connectivity index (χ3n) is 5.30. The number of carbonyl (C=O) groups is 2. The topological polar surface area (TPSA) is 67.4 Å². The van der Waals surface area contributed by atoms with Gasteiger partial charge in [-0.05, 0) is 36.4 Å². The molecule has 5 nitrogen and oxygen atoms in total. The molecule has 3 aromatic rings. The van der Waals surface area contributed by atoms with E-state index < -0.39 is 75.5 Å². The molecule has 17 heteroatoms. The number of benzene rings is 3. The van der Waals surface area contributed by atoms with Gasteiger partial charge >= 0.3 is 24.6 Å². The second-order valence-corrected chi connectivity index (χ2v) is 8.73. The molecule has 220 valence electrons. The maximum Gasteiger partial charge on any atom is 0.435 e. The van der Waals surface area contributed by atoms with Crippen LogP contribution in [0.5, 0.6) is 5.75 Å². The molecule has 0 aliphatic rings. The van der Waals surface area contributed by atoms with Crippen molar-refractivity contribution in [2.24, 2.45) is 0 Å². The van der Waals surface area contributed by atoms with Gasteiger partial charge in [0.1, 0.15) is 5.69 Å². The third kappa shape index (κ3) is 6.45. The highest BCUT2D eigenvalue weighted by Gasteiger charge is 2.73. The lowest BCUT2D eigenvalue weighted by Crippen LogP contribution is -2.50. The average Bonchev–Trinajstić information content (AvgIpc) is 2.85. The molecule has 0 bridgehead atoms. The molecule has 3 rings (SSSR count). The van der Waals surface area contributed by atoms with Crippen molar-refractivity contribution in [3.8, 4) is 5.75 Å². The highest BCUT2D eigenvalue weighted by Crippen LogP contribution is 2.55. The summed E-state index contributed by atoms with van der Waals surface area (Å²) in [5, 5.41) is 2.57. The first kappa shape index (κ1) is 31.8. The van der Waals surface area contributed by atoms with Crippen LogP contribution in [-0.2, 0) is 5.67 Å². The molecule has 2 N–H and O–H groups in total. The van der Waals surface area contributed by atoms with Gasteiger partial charge in [-0.15, -0.1) is 0 Å². The van der Waals surface area contributed by atoms with Gasteiger partial charge in [-0.2, -0.15) is 35.1 Å². The van der Waals surface area contributed by atoms with Crippen molar-refractivity contribution in [2.75, 3.05) is 10.6 Å². The zero-order chi connectivity index (χ0) is 30.9. The second kappa shape index (κ2) is 11.6. The van der Waals surface area contributed by atoms with Crippen molar-refractivity contribution >= 4 is 46.4 Å². The zero-order valence-corrected chi connectivity index (χ0v) is 21.0. The van der Waals surface area contributed by atoms with E-state index in [0.717, 1.165) is 18.2 Å². The summed E-state index contributed by atoms with van der Waals surface area (Å²) in [5.74, 6) is -5.42. The monoisotopic (exact) mass is 636 g/mol. The van der Waals surface area contributed by atoms with Crippen molar-refractivity contribution in [1.29, 1.82) is 0 Å². The van der Waals surface area contributed by atoms with E-state index in [9.17, 15) is 49.1 Å². The van der Waals surface area contributed by atoms with Crippen LogP contribution in [0.2, 0.25) is 10.0 Å². The van der Waals surface area contributed by atoms with E-state index in [1.54, 1.807) is 5.32 Å². The summed E-state index contributed by atoms with van der Waals surface area (Å²) in [5.41, 5.74) is -11.1. The van der Waals surface area contributed by atoms with Crippen molar-refractivity contribution in [2.45, 2.75) is 24.6 Å². The van der Waals surface area contributed by atoms with E-state index in [1.807, 2.05) is 0 Å². The summed E-state index contributed by atoms with van der Waals surface area (Å²) >= 11 is 11.6. The second-order valence-electron chi connectivity index (χ2n) is 7.92. The molecule has 0 aliphatic carbocycles. The van der Waals surface area contributed by atoms with Gasteiger partial charge in [0.25, 0.3) is 11.8 Å². The molecule has 0 atom stereocenters. The SMILES string of the molecule is O=C(Nc1cccc(C(=O)Nc2c(Cl)cc(C(F)(C(F)(F)F)C(F)(F)F)cc2OC(F)F)c1F)c1ccccc1Cl. The van der Waals surface area contributed by atoms with Gasteiger partial charge in [0.15, 0.2) is 11.6 Å². The van der Waals surface area contributed by atoms with Gasteiger partial charge < -0.3 is 15.4 Å². The van der Waals surface area contributed by atoms with Crippen LogP contribution >= 0.6 is 23.2 Å². The number of halogens is 12. The minimum Gasteiger partial charge on any atom is -0.433 e. The number of carbonyl (C=O) groups excluding carboxylic acids is 2. The summed E-state index contributed by atoms with van der Waals surface area (Å²) in [6, 6.07) is 7.92. The fourth-order valence-corrected chi connectivity index (χ4v) is 3.88. The van der Waals surface area contributed by atoms with Gasteiger partial charge in [0.05, 0.1) is 26.9 Å². The lowest BCUT2D eigenvalue weighted by Gasteiger charge is -2.31. The molecule has 0 aliphatic heterocycles. The molecule has 0 aromatic heterocycles. The van der Waals surface area contributed by atoms with Gasteiger partial charge in [0, 0.05) is 5.56 Å².